The number of amides is 1. The Balaban J connectivity index is 1.22. The van der Waals surface area contributed by atoms with Gasteiger partial charge in [-0.05, 0) is 73.0 Å². The van der Waals surface area contributed by atoms with Crippen LogP contribution in [-0.2, 0) is 37.0 Å². The fraction of sp³-hybridized carbons (Fsp3) is 0.465. The summed E-state index contributed by atoms with van der Waals surface area (Å²) in [6, 6.07) is 28.0. The summed E-state index contributed by atoms with van der Waals surface area (Å²) in [6.45, 7) is 5.18. The van der Waals surface area contributed by atoms with Crippen LogP contribution < -0.4 is 14.2 Å². The molecule has 13 heteroatoms. The molecule has 1 heterocycles. The van der Waals surface area contributed by atoms with Crippen LogP contribution in [0.2, 0.25) is 0 Å². The van der Waals surface area contributed by atoms with E-state index < -0.39 is 17.3 Å². The molecule has 302 valence electrons. The monoisotopic (exact) mass is 774 g/mol. The highest BCUT2D eigenvalue weighted by atomic mass is 16.9. The van der Waals surface area contributed by atoms with Crippen molar-refractivity contribution >= 4 is 16.9 Å². The number of hydrogen-bond acceptors (Lipinski definition) is 11. The molecular weight excluding hydrogens is 720 g/mol. The van der Waals surface area contributed by atoms with Gasteiger partial charge in [0, 0.05) is 29.9 Å². The third-order valence-electron chi connectivity index (χ3n) is 9.69. The van der Waals surface area contributed by atoms with E-state index >= 15 is 0 Å². The Morgan fingerprint density at radius 3 is 2.23 bits per heavy atom. The lowest BCUT2D eigenvalue weighted by Crippen LogP contribution is -2.54. The highest BCUT2D eigenvalue weighted by Crippen LogP contribution is 2.35. The van der Waals surface area contributed by atoms with E-state index in [0.29, 0.717) is 59.0 Å². The molecule has 5 rings (SSSR count). The molecular formula is C43H54N2O11. The number of rotatable bonds is 23. The van der Waals surface area contributed by atoms with Gasteiger partial charge >= 0.3 is 6.09 Å². The van der Waals surface area contributed by atoms with Gasteiger partial charge in [-0.2, -0.15) is 0 Å². The summed E-state index contributed by atoms with van der Waals surface area (Å²) in [5.41, 5.74) is 2.98. The maximum Gasteiger partial charge on any atom is 0.409 e. The molecule has 56 heavy (non-hydrogen) atoms. The van der Waals surface area contributed by atoms with E-state index in [-0.39, 0.29) is 25.2 Å². The zero-order valence-corrected chi connectivity index (χ0v) is 32.6. The minimum Gasteiger partial charge on any atom is -0.496 e. The van der Waals surface area contributed by atoms with Crippen LogP contribution in [0.4, 0.5) is 4.79 Å². The summed E-state index contributed by atoms with van der Waals surface area (Å²) in [6.07, 6.45) is 2.23. The van der Waals surface area contributed by atoms with Crippen LogP contribution in [0.25, 0.3) is 10.8 Å². The van der Waals surface area contributed by atoms with Gasteiger partial charge in [-0.3, -0.25) is 0 Å². The molecule has 0 saturated carbocycles. The number of methoxy groups -OCH3 is 2. The molecule has 0 spiro atoms. The molecule has 1 aliphatic heterocycles. The standard InChI is InChI=1S/C43H54N2O11/c1-4-52-40-28-44(43(46)54-23-11-5-6-12-25-56-45(47)48)29-41(55-30-32-26-34-14-7-9-16-37(34)39(27-32)50-3)42(40)33-18-20-36(21-19-33)53-24-13-22-51-31-35-15-8-10-17-38(35)49-2/h7-10,14-21,26-27,40-42H,4-6,11-13,22-25,28-31H2,1-3H3. The van der Waals surface area contributed by atoms with Crippen LogP contribution in [0.1, 0.15) is 61.6 Å². The van der Waals surface area contributed by atoms with Gasteiger partial charge in [0.1, 0.15) is 17.2 Å². The predicted molar refractivity (Wildman–Crippen MR) is 211 cm³/mol. The van der Waals surface area contributed by atoms with Gasteiger partial charge < -0.3 is 42.9 Å². The molecule has 1 amide bonds. The van der Waals surface area contributed by atoms with Crippen molar-refractivity contribution in [1.82, 2.24) is 4.90 Å². The minimum absolute atomic E-state index is 0.0608. The average molecular weight is 775 g/mol. The van der Waals surface area contributed by atoms with Crippen LogP contribution in [0.15, 0.2) is 84.9 Å². The fourth-order valence-electron chi connectivity index (χ4n) is 6.96. The Morgan fingerprint density at radius 1 is 0.768 bits per heavy atom. The molecule has 13 nitrogen and oxygen atoms in total. The van der Waals surface area contributed by atoms with E-state index in [1.165, 1.54) is 0 Å². The molecule has 0 aliphatic carbocycles. The molecule has 0 N–H and O–H groups in total. The third kappa shape index (κ3) is 12.5. The molecule has 4 aromatic carbocycles. The maximum atomic E-state index is 13.4. The summed E-state index contributed by atoms with van der Waals surface area (Å²) in [5.74, 6) is 2.15. The second-order valence-electron chi connectivity index (χ2n) is 13.5. The summed E-state index contributed by atoms with van der Waals surface area (Å²) in [7, 11) is 3.32. The van der Waals surface area contributed by atoms with E-state index in [9.17, 15) is 14.9 Å². The summed E-state index contributed by atoms with van der Waals surface area (Å²) in [5, 5.41) is 11.6. The largest absolute Gasteiger partial charge is 0.496 e. The number of fused-ring (bicyclic) bond motifs is 1. The van der Waals surface area contributed by atoms with E-state index in [1.807, 2.05) is 85.8 Å². The Labute approximate surface area is 328 Å². The number of piperidine rings is 1. The van der Waals surface area contributed by atoms with Crippen molar-refractivity contribution in [2.75, 3.05) is 60.3 Å². The molecule has 0 bridgehead atoms. The molecule has 0 radical (unpaired) electrons. The van der Waals surface area contributed by atoms with Crippen molar-refractivity contribution in [2.24, 2.45) is 0 Å². The van der Waals surface area contributed by atoms with Gasteiger partial charge in [0.15, 0.2) is 0 Å². The number of benzene rings is 4. The molecule has 1 aliphatic rings. The lowest BCUT2D eigenvalue weighted by atomic mass is 9.84. The topological polar surface area (TPSA) is 137 Å². The van der Waals surface area contributed by atoms with Crippen LogP contribution in [0.3, 0.4) is 0 Å². The van der Waals surface area contributed by atoms with Crippen molar-refractivity contribution in [1.29, 1.82) is 0 Å². The summed E-state index contributed by atoms with van der Waals surface area (Å²) < 4.78 is 41.8. The predicted octanol–water partition coefficient (Wildman–Crippen LogP) is 8.14. The maximum absolute atomic E-state index is 13.4. The Bertz CT molecular complexity index is 1800. The van der Waals surface area contributed by atoms with E-state index in [1.54, 1.807) is 19.1 Å². The van der Waals surface area contributed by atoms with Crippen molar-refractivity contribution in [3.8, 4) is 17.2 Å². The van der Waals surface area contributed by atoms with E-state index in [0.717, 1.165) is 64.0 Å². The fourth-order valence-corrected chi connectivity index (χ4v) is 6.96. The van der Waals surface area contributed by atoms with Crippen LogP contribution in [0, 0.1) is 10.1 Å². The first-order valence-corrected chi connectivity index (χ1v) is 19.3. The first kappa shape index (κ1) is 42.0. The second-order valence-corrected chi connectivity index (χ2v) is 13.5. The van der Waals surface area contributed by atoms with Crippen LogP contribution in [-0.4, -0.2) is 88.6 Å². The quantitative estimate of drug-likeness (QED) is 0.0410. The second kappa shape index (κ2) is 22.4. The Morgan fingerprint density at radius 2 is 1.48 bits per heavy atom. The molecule has 4 aromatic rings. The zero-order chi connectivity index (χ0) is 39.5. The van der Waals surface area contributed by atoms with Gasteiger partial charge in [0.2, 0.25) is 0 Å². The normalized spacial score (nSPS) is 16.7. The lowest BCUT2D eigenvalue weighted by molar-refractivity contribution is -0.757. The average Bonchev–Trinajstić information content (AvgIpc) is 3.22. The first-order chi connectivity index (χ1) is 27.4. The number of nitrogens with zero attached hydrogens (tertiary/aromatic N) is 2. The Hall–Kier alpha value is -5.11. The van der Waals surface area contributed by atoms with Crippen molar-refractivity contribution in [2.45, 2.75) is 70.4 Å². The van der Waals surface area contributed by atoms with Gasteiger partial charge in [0.25, 0.3) is 5.09 Å². The highest BCUT2D eigenvalue weighted by Gasteiger charge is 2.41. The van der Waals surface area contributed by atoms with Gasteiger partial charge in [-0.25, -0.2) is 4.79 Å². The molecule has 0 aromatic heterocycles. The van der Waals surface area contributed by atoms with Crippen molar-refractivity contribution in [3.05, 3.63) is 112 Å². The zero-order valence-electron chi connectivity index (χ0n) is 32.6. The number of carbonyl (C=O) groups excluding carboxylic acids is 1. The van der Waals surface area contributed by atoms with Crippen LogP contribution in [0.5, 0.6) is 17.2 Å². The van der Waals surface area contributed by atoms with Gasteiger partial charge in [0.05, 0.1) is 79.2 Å². The SMILES string of the molecule is CCOC1CN(C(=O)OCCCCCCO[N+](=O)[O-])CC(OCc2cc(OC)c3ccccc3c2)C1c1ccc(OCCCOCc2ccccc2OC)cc1. The lowest BCUT2D eigenvalue weighted by Gasteiger charge is -2.43. The van der Waals surface area contributed by atoms with Gasteiger partial charge in [-0.15, -0.1) is 10.1 Å². The molecule has 1 saturated heterocycles. The molecule has 3 unspecified atom stereocenters. The minimum atomic E-state index is -0.787. The van der Waals surface area contributed by atoms with Crippen molar-refractivity contribution < 1.29 is 47.9 Å². The number of ether oxygens (including phenoxy) is 7. The van der Waals surface area contributed by atoms with Gasteiger partial charge in [-0.1, -0.05) is 61.0 Å². The third-order valence-corrected chi connectivity index (χ3v) is 9.69. The number of para-hydroxylation sites is 1. The molecule has 3 atom stereocenters. The number of likely N-dealkylation sites (tertiary alicyclic amines) is 1. The summed E-state index contributed by atoms with van der Waals surface area (Å²) >= 11 is 0. The number of unbranched alkanes of at least 4 members (excludes halogenated alkanes) is 3. The summed E-state index contributed by atoms with van der Waals surface area (Å²) in [4.78, 5) is 29.8. The first-order valence-electron chi connectivity index (χ1n) is 19.3. The number of carbonyl (C=O) groups is 1. The van der Waals surface area contributed by atoms with Crippen LogP contribution >= 0.6 is 0 Å². The van der Waals surface area contributed by atoms with Crippen molar-refractivity contribution in [3.63, 3.8) is 0 Å². The highest BCUT2D eigenvalue weighted by molar-refractivity contribution is 5.89. The molecule has 1 fully saturated rings. The van der Waals surface area contributed by atoms with E-state index in [4.69, 9.17) is 33.2 Å². The number of hydrogen-bond donors (Lipinski definition) is 0. The van der Waals surface area contributed by atoms with E-state index in [2.05, 4.69) is 10.9 Å². The smallest absolute Gasteiger partial charge is 0.409 e. The Kier molecular flexibility index (Phi) is 16.9.